The smallest absolute Gasteiger partial charge is 0.241 e. The molecule has 2 aliphatic rings. The van der Waals surface area contributed by atoms with Crippen molar-refractivity contribution < 1.29 is 17.9 Å². The summed E-state index contributed by atoms with van der Waals surface area (Å²) in [5.41, 5.74) is 1.89. The lowest BCUT2D eigenvalue weighted by Crippen LogP contribution is -2.41. The average Bonchev–Trinajstić information content (AvgIpc) is 2.98. The minimum Gasteiger partial charge on any atom is -0.372 e. The fourth-order valence-corrected chi connectivity index (χ4v) is 4.62. The van der Waals surface area contributed by atoms with Gasteiger partial charge in [-0.3, -0.25) is 4.79 Å². The molecule has 1 amide bonds. The van der Waals surface area contributed by atoms with Crippen molar-refractivity contribution in [3.63, 3.8) is 0 Å². The molecule has 0 aromatic heterocycles. The van der Waals surface area contributed by atoms with Crippen LogP contribution in [0.15, 0.2) is 23.1 Å². The van der Waals surface area contributed by atoms with E-state index >= 15 is 0 Å². The molecule has 0 saturated heterocycles. The molecular formula is C19H29N3O4S. The van der Waals surface area contributed by atoms with Crippen molar-refractivity contribution in [1.29, 1.82) is 0 Å². The number of hydrogen-bond donors (Lipinski definition) is 3. The number of nitrogens with one attached hydrogen (secondary N) is 3. The summed E-state index contributed by atoms with van der Waals surface area (Å²) in [6.45, 7) is 1.87. The summed E-state index contributed by atoms with van der Waals surface area (Å²) in [5.74, 6) is -0.328. The molecule has 1 aliphatic heterocycles. The first-order chi connectivity index (χ1) is 13.0. The maximum absolute atomic E-state index is 12.4. The zero-order chi connectivity index (χ0) is 19.1. The van der Waals surface area contributed by atoms with Crippen LogP contribution in [0.3, 0.4) is 0 Å². The van der Waals surface area contributed by atoms with E-state index in [1.165, 1.54) is 38.5 Å². The molecule has 3 N–H and O–H groups in total. The number of amides is 1. The number of ether oxygens (including phenoxy) is 1. The van der Waals surface area contributed by atoms with Crippen LogP contribution in [0.2, 0.25) is 0 Å². The molecule has 0 spiro atoms. The van der Waals surface area contributed by atoms with Crippen LogP contribution in [0, 0.1) is 0 Å². The molecule has 0 unspecified atom stereocenters. The normalized spacial score (nSPS) is 18.1. The Bertz CT molecular complexity index is 743. The number of rotatable bonds is 8. The van der Waals surface area contributed by atoms with Gasteiger partial charge in [0, 0.05) is 19.1 Å². The van der Waals surface area contributed by atoms with Crippen LogP contribution in [-0.2, 0) is 32.8 Å². The molecule has 1 fully saturated rings. The maximum Gasteiger partial charge on any atom is 0.241 e. The number of fused-ring (bicyclic) bond motifs is 1. The van der Waals surface area contributed by atoms with Crippen LogP contribution >= 0.6 is 0 Å². The first-order valence-corrected chi connectivity index (χ1v) is 11.2. The second-order valence-electron chi connectivity index (χ2n) is 7.24. The van der Waals surface area contributed by atoms with Crippen molar-refractivity contribution in [3.8, 4) is 0 Å². The van der Waals surface area contributed by atoms with Gasteiger partial charge in [0.25, 0.3) is 0 Å². The maximum atomic E-state index is 12.4. The molecule has 1 aromatic rings. The van der Waals surface area contributed by atoms with Gasteiger partial charge >= 0.3 is 0 Å². The van der Waals surface area contributed by atoms with Gasteiger partial charge in [0.05, 0.1) is 24.7 Å². The number of sulfonamides is 1. The van der Waals surface area contributed by atoms with Gasteiger partial charge in [-0.15, -0.1) is 0 Å². The fourth-order valence-electron chi connectivity index (χ4n) is 3.58. The molecule has 7 nitrogen and oxygen atoms in total. The lowest BCUT2D eigenvalue weighted by Gasteiger charge is -2.16. The van der Waals surface area contributed by atoms with E-state index in [2.05, 4.69) is 15.4 Å². The van der Waals surface area contributed by atoms with Gasteiger partial charge in [0.2, 0.25) is 15.9 Å². The first kappa shape index (κ1) is 20.3. The van der Waals surface area contributed by atoms with Crippen LogP contribution in [0.1, 0.15) is 49.7 Å². The van der Waals surface area contributed by atoms with Gasteiger partial charge in [-0.25, -0.2) is 13.1 Å². The minimum atomic E-state index is -3.71. The zero-order valence-electron chi connectivity index (χ0n) is 15.6. The molecule has 3 rings (SSSR count). The summed E-state index contributed by atoms with van der Waals surface area (Å²) in [6, 6.07) is 5.45. The number of carbonyl (C=O) groups excluding carboxylic acids is 1. The molecule has 1 aromatic carbocycles. The molecule has 1 heterocycles. The van der Waals surface area contributed by atoms with Crippen molar-refractivity contribution in [2.75, 3.05) is 19.6 Å². The molecule has 0 bridgehead atoms. The van der Waals surface area contributed by atoms with Crippen LogP contribution in [0.4, 0.5) is 0 Å². The van der Waals surface area contributed by atoms with Crippen molar-refractivity contribution in [3.05, 3.63) is 29.3 Å². The van der Waals surface area contributed by atoms with E-state index in [1.54, 1.807) is 18.2 Å². The Labute approximate surface area is 161 Å². The Balaban J connectivity index is 1.38. The predicted molar refractivity (Wildman–Crippen MR) is 103 cm³/mol. The van der Waals surface area contributed by atoms with Gasteiger partial charge in [0.1, 0.15) is 0 Å². The highest BCUT2D eigenvalue weighted by Gasteiger charge is 2.19. The molecule has 150 valence electrons. The number of carbonyl (C=O) groups is 1. The third-order valence-corrected chi connectivity index (χ3v) is 6.56. The van der Waals surface area contributed by atoms with E-state index in [0.717, 1.165) is 11.1 Å². The standard InChI is InChI=1S/C19H29N3O4S/c23-19(21-10-9-20-17-5-3-1-2-4-6-17)12-22-27(24,25)18-8-7-15-13-26-14-16(15)11-18/h7-8,11,17,20,22H,1-6,9-10,12-14H2,(H,21,23). The van der Waals surface area contributed by atoms with Gasteiger partial charge < -0.3 is 15.4 Å². The molecule has 27 heavy (non-hydrogen) atoms. The first-order valence-electron chi connectivity index (χ1n) is 9.74. The average molecular weight is 396 g/mol. The summed E-state index contributed by atoms with van der Waals surface area (Å²) in [4.78, 5) is 12.1. The Hall–Kier alpha value is -1.48. The van der Waals surface area contributed by atoms with Crippen molar-refractivity contribution in [2.24, 2.45) is 0 Å². The van der Waals surface area contributed by atoms with E-state index in [9.17, 15) is 13.2 Å². The third-order valence-electron chi connectivity index (χ3n) is 5.16. The predicted octanol–water partition coefficient (Wildman–Crippen LogP) is 1.42. The van der Waals surface area contributed by atoms with Crippen LogP contribution in [0.5, 0.6) is 0 Å². The van der Waals surface area contributed by atoms with E-state index in [1.807, 2.05) is 0 Å². The second kappa shape index (κ2) is 9.64. The Morgan fingerprint density at radius 2 is 1.78 bits per heavy atom. The summed E-state index contributed by atoms with van der Waals surface area (Å²) in [7, 11) is -3.71. The largest absolute Gasteiger partial charge is 0.372 e. The topological polar surface area (TPSA) is 96.5 Å². The monoisotopic (exact) mass is 395 g/mol. The van der Waals surface area contributed by atoms with E-state index in [4.69, 9.17) is 4.74 Å². The van der Waals surface area contributed by atoms with Gasteiger partial charge in [-0.2, -0.15) is 0 Å². The molecule has 0 radical (unpaired) electrons. The van der Waals surface area contributed by atoms with Gasteiger partial charge in [0.15, 0.2) is 0 Å². The Morgan fingerprint density at radius 1 is 1.04 bits per heavy atom. The number of hydrogen-bond acceptors (Lipinski definition) is 5. The molecule has 1 aliphatic carbocycles. The third kappa shape index (κ3) is 6.00. The summed E-state index contributed by atoms with van der Waals surface area (Å²) in [6.07, 6.45) is 7.54. The SMILES string of the molecule is O=C(CNS(=O)(=O)c1ccc2c(c1)COC2)NCCNC1CCCCCC1. The Morgan fingerprint density at radius 3 is 2.56 bits per heavy atom. The second-order valence-corrected chi connectivity index (χ2v) is 9.01. The molecule has 8 heteroatoms. The summed E-state index contributed by atoms with van der Waals surface area (Å²) < 4.78 is 32.4. The van der Waals surface area contributed by atoms with Crippen LogP contribution in [0.25, 0.3) is 0 Å². The highest BCUT2D eigenvalue weighted by atomic mass is 32.2. The molecular weight excluding hydrogens is 366 g/mol. The van der Waals surface area contributed by atoms with E-state index in [0.29, 0.717) is 32.3 Å². The van der Waals surface area contributed by atoms with Crippen molar-refractivity contribution in [2.45, 2.75) is 62.7 Å². The van der Waals surface area contributed by atoms with E-state index < -0.39 is 10.0 Å². The van der Waals surface area contributed by atoms with Crippen LogP contribution in [-0.4, -0.2) is 40.0 Å². The van der Waals surface area contributed by atoms with E-state index in [-0.39, 0.29) is 17.3 Å². The number of benzene rings is 1. The molecule has 1 saturated carbocycles. The fraction of sp³-hybridized carbons (Fsp3) is 0.632. The zero-order valence-corrected chi connectivity index (χ0v) is 16.4. The van der Waals surface area contributed by atoms with Gasteiger partial charge in [-0.05, 0) is 36.1 Å². The highest BCUT2D eigenvalue weighted by molar-refractivity contribution is 7.89. The Kier molecular flexibility index (Phi) is 7.23. The lowest BCUT2D eigenvalue weighted by molar-refractivity contribution is -0.119. The highest BCUT2D eigenvalue weighted by Crippen LogP contribution is 2.22. The lowest BCUT2D eigenvalue weighted by atomic mass is 10.1. The van der Waals surface area contributed by atoms with Crippen molar-refractivity contribution >= 4 is 15.9 Å². The van der Waals surface area contributed by atoms with Gasteiger partial charge in [-0.1, -0.05) is 31.7 Å². The summed E-state index contributed by atoms with van der Waals surface area (Å²) in [5, 5.41) is 6.23. The quantitative estimate of drug-likeness (QED) is 0.457. The van der Waals surface area contributed by atoms with Crippen molar-refractivity contribution in [1.82, 2.24) is 15.4 Å². The minimum absolute atomic E-state index is 0.162. The molecule has 0 atom stereocenters. The summed E-state index contributed by atoms with van der Waals surface area (Å²) >= 11 is 0. The van der Waals surface area contributed by atoms with Crippen LogP contribution < -0.4 is 15.4 Å².